The predicted molar refractivity (Wildman–Crippen MR) is 133 cm³/mol. The average Bonchev–Trinajstić information content (AvgIpc) is 2.95. The molecule has 0 N–H and O–H groups in total. The molecule has 55 heavy (non-hydrogen) atoms. The number of hydrogen-bond acceptors (Lipinski definition) is 3. The molecule has 0 spiro atoms. The predicted octanol–water partition coefficient (Wildman–Crippen LogP) is 12.3. The van der Waals surface area contributed by atoms with E-state index >= 15 is 0 Å². The van der Waals surface area contributed by atoms with Crippen LogP contribution in [-0.4, -0.2) is 84.3 Å². The van der Waals surface area contributed by atoms with E-state index in [1.165, 1.54) is 13.8 Å². The van der Waals surface area contributed by atoms with Gasteiger partial charge in [-0.1, -0.05) is 41.5 Å². The van der Waals surface area contributed by atoms with Crippen LogP contribution >= 0.6 is 0 Å². The molecule has 0 saturated heterocycles. The fraction of sp³-hybridized carbons (Fsp3) is 0.963. The van der Waals surface area contributed by atoms with Gasteiger partial charge in [-0.05, 0) is 30.6 Å². The molecule has 0 aromatic rings. The molecule has 0 heterocycles. The quantitative estimate of drug-likeness (QED) is 0.102. The Morgan fingerprint density at radius 2 is 0.745 bits per heavy atom. The molecule has 0 aromatic heterocycles. The van der Waals surface area contributed by atoms with Crippen LogP contribution in [-0.2, 0) is 14.3 Å². The lowest BCUT2D eigenvalue weighted by atomic mass is 9.66. The lowest BCUT2D eigenvalue weighted by molar-refractivity contribution is -0.527. The molecule has 0 fully saturated rings. The summed E-state index contributed by atoms with van der Waals surface area (Å²) >= 11 is 0. The van der Waals surface area contributed by atoms with Crippen molar-refractivity contribution < 1.29 is 124 Å². The molecule has 0 bridgehead atoms. The summed E-state index contributed by atoms with van der Waals surface area (Å²) in [4.78, 5) is 12.6. The molecule has 0 aliphatic carbocycles. The molecule has 28 heteroatoms. The molecular formula is C27H29F25O3. The van der Waals surface area contributed by atoms with Gasteiger partial charge in [0.1, 0.15) is 0 Å². The van der Waals surface area contributed by atoms with E-state index in [1.807, 2.05) is 0 Å². The normalized spacial score (nSPS) is 17.3. The Hall–Kier alpha value is -2.32. The standard InChI is InChI=1S/C27H29F25O3/c1-8-15(7,13(2,3)4)12(53)54-11-14(5,6)9-10-16(28,29)17(30,31)18(32,33)20(36,37)23(42,43)26(49,50)55-27(51,52)24(44,45)21(38,39)19(34,35)22(40,41)25(46,47)48/h8-11H2,1-7H3. The summed E-state index contributed by atoms with van der Waals surface area (Å²) in [7, 11) is 0. The molecule has 3 nitrogen and oxygen atoms in total. The fourth-order valence-electron chi connectivity index (χ4n) is 3.98. The zero-order valence-corrected chi connectivity index (χ0v) is 28.5. The minimum Gasteiger partial charge on any atom is -0.465 e. The average molecular weight is 876 g/mol. The number of alkyl halides is 25. The molecule has 0 amide bonds. The van der Waals surface area contributed by atoms with E-state index in [0.29, 0.717) is 0 Å². The minimum absolute atomic E-state index is 0.0709. The molecular weight excluding hydrogens is 847 g/mol. The van der Waals surface area contributed by atoms with Gasteiger partial charge in [0.15, 0.2) is 0 Å². The Morgan fingerprint density at radius 3 is 1.04 bits per heavy atom. The van der Waals surface area contributed by atoms with E-state index in [4.69, 9.17) is 4.74 Å². The summed E-state index contributed by atoms with van der Waals surface area (Å²) in [6.45, 7) is 8.06. The van der Waals surface area contributed by atoms with Gasteiger partial charge in [-0.25, -0.2) is 4.74 Å². The minimum atomic E-state index is -9.09. The molecule has 0 saturated carbocycles. The highest BCUT2D eigenvalue weighted by atomic mass is 19.4. The van der Waals surface area contributed by atoms with Crippen molar-refractivity contribution >= 4 is 5.97 Å². The molecule has 0 radical (unpaired) electrons. The van der Waals surface area contributed by atoms with Crippen LogP contribution < -0.4 is 0 Å². The van der Waals surface area contributed by atoms with Crippen LogP contribution in [0.15, 0.2) is 0 Å². The summed E-state index contributed by atoms with van der Waals surface area (Å²) in [6.07, 6.45) is -30.1. The first-order chi connectivity index (χ1) is 23.4. The molecule has 330 valence electrons. The van der Waals surface area contributed by atoms with Gasteiger partial charge in [-0.3, -0.25) is 4.79 Å². The van der Waals surface area contributed by atoms with Gasteiger partial charge >= 0.3 is 77.7 Å². The first-order valence-electron chi connectivity index (χ1n) is 14.5. The third kappa shape index (κ3) is 8.21. The number of rotatable bonds is 18. The van der Waals surface area contributed by atoms with Crippen LogP contribution in [0.4, 0.5) is 110 Å². The number of esters is 1. The van der Waals surface area contributed by atoms with Gasteiger partial charge in [0.2, 0.25) is 0 Å². The van der Waals surface area contributed by atoms with E-state index in [-0.39, 0.29) is 6.42 Å². The smallest absolute Gasteiger partial charge is 0.460 e. The molecule has 0 aliphatic heterocycles. The Balaban J connectivity index is 6.70. The summed E-state index contributed by atoms with van der Waals surface area (Å²) in [5, 5.41) is 0. The van der Waals surface area contributed by atoms with Crippen LogP contribution in [0.2, 0.25) is 0 Å². The van der Waals surface area contributed by atoms with Crippen molar-refractivity contribution in [2.24, 2.45) is 16.2 Å². The highest BCUT2D eigenvalue weighted by Crippen LogP contribution is 2.64. The van der Waals surface area contributed by atoms with Gasteiger partial charge in [0.25, 0.3) is 0 Å². The lowest BCUT2D eigenvalue weighted by Crippen LogP contribution is -2.73. The fourth-order valence-corrected chi connectivity index (χ4v) is 3.98. The summed E-state index contributed by atoms with van der Waals surface area (Å²) in [5.41, 5.74) is -4.20. The summed E-state index contributed by atoms with van der Waals surface area (Å²) in [6, 6.07) is 0. The van der Waals surface area contributed by atoms with Crippen molar-refractivity contribution in [2.45, 2.75) is 139 Å². The molecule has 0 aliphatic rings. The maximum Gasteiger partial charge on any atom is 0.460 e. The van der Waals surface area contributed by atoms with Crippen LogP contribution in [0.1, 0.15) is 67.7 Å². The van der Waals surface area contributed by atoms with Crippen molar-refractivity contribution in [3.63, 3.8) is 0 Å². The number of ether oxygens (including phenoxy) is 2. The van der Waals surface area contributed by atoms with Crippen molar-refractivity contribution in [1.29, 1.82) is 0 Å². The van der Waals surface area contributed by atoms with E-state index in [9.17, 15) is 115 Å². The molecule has 1 unspecified atom stereocenters. The van der Waals surface area contributed by atoms with Gasteiger partial charge in [-0.15, -0.1) is 0 Å². The second-order valence-electron chi connectivity index (χ2n) is 14.1. The van der Waals surface area contributed by atoms with Crippen LogP contribution in [0.3, 0.4) is 0 Å². The molecule has 1 atom stereocenters. The van der Waals surface area contributed by atoms with Gasteiger partial charge in [-0.2, -0.15) is 110 Å². The lowest BCUT2D eigenvalue weighted by Gasteiger charge is -2.43. The molecule has 0 rings (SSSR count). The van der Waals surface area contributed by atoms with E-state index in [0.717, 1.165) is 18.6 Å². The maximum absolute atomic E-state index is 14.4. The Labute approximate surface area is 293 Å². The number of carbonyl (C=O) groups excluding carboxylic acids is 1. The zero-order valence-electron chi connectivity index (χ0n) is 28.5. The summed E-state index contributed by atoms with van der Waals surface area (Å²) in [5.74, 6) is -78.1. The SMILES string of the molecule is CCC(C)(C(=O)OCC(C)(C)CCC(F)(F)C(F)(F)C(F)(F)C(F)(F)C(F)(F)C(F)(F)OC(F)(F)C(F)(F)C(F)(F)C(F)(F)C(F)(F)C(F)(F)F)C(C)(C)C. The van der Waals surface area contributed by atoms with Gasteiger partial charge in [0, 0.05) is 6.42 Å². The topological polar surface area (TPSA) is 35.5 Å². The van der Waals surface area contributed by atoms with Crippen LogP contribution in [0.5, 0.6) is 0 Å². The first kappa shape index (κ1) is 52.7. The number of halogens is 25. The Kier molecular flexibility index (Phi) is 13.6. The Bertz CT molecular complexity index is 1360. The largest absolute Gasteiger partial charge is 0.465 e. The first-order valence-corrected chi connectivity index (χ1v) is 14.5. The van der Waals surface area contributed by atoms with Crippen molar-refractivity contribution in [1.82, 2.24) is 0 Å². The van der Waals surface area contributed by atoms with E-state index < -0.39 is 113 Å². The number of carbonyl (C=O) groups is 1. The molecule has 0 aromatic carbocycles. The maximum atomic E-state index is 14.4. The van der Waals surface area contributed by atoms with Crippen molar-refractivity contribution in [2.75, 3.05) is 6.61 Å². The Morgan fingerprint density at radius 1 is 0.436 bits per heavy atom. The second-order valence-corrected chi connectivity index (χ2v) is 14.1. The van der Waals surface area contributed by atoms with E-state index in [2.05, 4.69) is 0 Å². The van der Waals surface area contributed by atoms with Gasteiger partial charge in [0.05, 0.1) is 12.0 Å². The van der Waals surface area contributed by atoms with Crippen LogP contribution in [0, 0.1) is 16.2 Å². The monoisotopic (exact) mass is 876 g/mol. The second kappa shape index (κ2) is 14.2. The third-order valence-electron chi connectivity index (χ3n) is 8.69. The summed E-state index contributed by atoms with van der Waals surface area (Å²) < 4.78 is 346. The third-order valence-corrected chi connectivity index (χ3v) is 8.69. The van der Waals surface area contributed by atoms with Crippen molar-refractivity contribution in [3.05, 3.63) is 0 Å². The zero-order chi connectivity index (χ0) is 45.3. The van der Waals surface area contributed by atoms with E-state index in [1.54, 1.807) is 20.8 Å². The highest BCUT2D eigenvalue weighted by molar-refractivity contribution is 5.77. The van der Waals surface area contributed by atoms with Crippen LogP contribution in [0.25, 0.3) is 0 Å². The highest BCUT2D eigenvalue weighted by Gasteiger charge is 2.94. The van der Waals surface area contributed by atoms with Crippen molar-refractivity contribution in [3.8, 4) is 0 Å². The van der Waals surface area contributed by atoms with Gasteiger partial charge < -0.3 is 4.74 Å². The number of hydrogen-bond donors (Lipinski definition) is 0.